The number of carbonyl (C=O) groups excluding carboxylic acids is 1. The van der Waals surface area contributed by atoms with Gasteiger partial charge in [-0.15, -0.1) is 10.2 Å². The van der Waals surface area contributed by atoms with E-state index in [1.54, 1.807) is 19.1 Å². The van der Waals surface area contributed by atoms with Crippen LogP contribution in [0.4, 0.5) is 10.1 Å². The molecule has 0 aliphatic rings. The third-order valence-electron chi connectivity index (χ3n) is 4.44. The zero-order chi connectivity index (χ0) is 21.2. The molecule has 0 aliphatic carbocycles. The van der Waals surface area contributed by atoms with Crippen molar-refractivity contribution >= 4 is 23.4 Å². The van der Waals surface area contributed by atoms with Gasteiger partial charge in [0, 0.05) is 11.3 Å². The van der Waals surface area contributed by atoms with Crippen LogP contribution in [-0.2, 0) is 10.2 Å². The lowest BCUT2D eigenvalue weighted by molar-refractivity contribution is -0.115. The Morgan fingerprint density at radius 3 is 2.31 bits per heavy atom. The fourth-order valence-electron chi connectivity index (χ4n) is 2.66. The third kappa shape index (κ3) is 4.95. The van der Waals surface area contributed by atoms with Crippen LogP contribution in [0.3, 0.4) is 0 Å². The predicted molar refractivity (Wildman–Crippen MR) is 115 cm³/mol. The summed E-state index contributed by atoms with van der Waals surface area (Å²) in [5.41, 5.74) is 2.63. The van der Waals surface area contributed by atoms with Crippen LogP contribution in [-0.4, -0.2) is 26.0 Å². The quantitative estimate of drug-likeness (QED) is 0.483. The molecule has 3 aromatic rings. The maximum atomic E-state index is 13.1. The number of amides is 1. The van der Waals surface area contributed by atoms with Crippen molar-refractivity contribution in [1.82, 2.24) is 14.9 Å². The van der Waals surface area contributed by atoms with Gasteiger partial charge in [0.05, 0.1) is 5.25 Å². The molecule has 3 N–H and O–H groups in total. The SMILES string of the molecule is CC(Sc1nnc(-c2ccc(F)cc2)n1N)C(=O)Nc1ccc(C(C)(C)C)cc1. The van der Waals surface area contributed by atoms with Crippen LogP contribution >= 0.6 is 11.8 Å². The minimum absolute atomic E-state index is 0.0547. The van der Waals surface area contributed by atoms with E-state index in [1.165, 1.54) is 34.1 Å². The average Bonchev–Trinajstić information content (AvgIpc) is 3.02. The molecule has 0 radical (unpaired) electrons. The van der Waals surface area contributed by atoms with Crippen molar-refractivity contribution in [3.8, 4) is 11.4 Å². The molecule has 1 amide bonds. The van der Waals surface area contributed by atoms with Crippen LogP contribution in [0.5, 0.6) is 0 Å². The molecule has 1 atom stereocenters. The molecule has 29 heavy (non-hydrogen) atoms. The minimum Gasteiger partial charge on any atom is -0.335 e. The van der Waals surface area contributed by atoms with E-state index >= 15 is 0 Å². The molecule has 2 aromatic carbocycles. The van der Waals surface area contributed by atoms with E-state index in [9.17, 15) is 9.18 Å². The number of hydrogen-bond donors (Lipinski definition) is 2. The van der Waals surface area contributed by atoms with Gasteiger partial charge in [0.25, 0.3) is 0 Å². The fourth-order valence-corrected chi connectivity index (χ4v) is 3.43. The van der Waals surface area contributed by atoms with Gasteiger partial charge in [0.2, 0.25) is 11.1 Å². The molecular formula is C21H24FN5OS. The Morgan fingerprint density at radius 2 is 1.72 bits per heavy atom. The van der Waals surface area contributed by atoms with Gasteiger partial charge < -0.3 is 11.2 Å². The van der Waals surface area contributed by atoms with Gasteiger partial charge in [0.15, 0.2) is 5.82 Å². The maximum Gasteiger partial charge on any atom is 0.237 e. The van der Waals surface area contributed by atoms with Gasteiger partial charge in [-0.3, -0.25) is 4.79 Å². The van der Waals surface area contributed by atoms with E-state index in [-0.39, 0.29) is 17.1 Å². The lowest BCUT2D eigenvalue weighted by Crippen LogP contribution is -2.23. The Bertz CT molecular complexity index is 993. The maximum absolute atomic E-state index is 13.1. The Morgan fingerprint density at radius 1 is 1.10 bits per heavy atom. The number of thioether (sulfide) groups is 1. The number of halogens is 1. The number of benzene rings is 2. The molecule has 8 heteroatoms. The van der Waals surface area contributed by atoms with Gasteiger partial charge >= 0.3 is 0 Å². The molecule has 1 unspecified atom stereocenters. The number of aromatic nitrogens is 3. The van der Waals surface area contributed by atoms with E-state index in [2.05, 4.69) is 36.3 Å². The molecule has 0 aliphatic heterocycles. The van der Waals surface area contributed by atoms with Crippen molar-refractivity contribution in [2.45, 2.75) is 43.5 Å². The first-order valence-corrected chi connectivity index (χ1v) is 10.1. The van der Waals surface area contributed by atoms with Crippen molar-refractivity contribution in [3.63, 3.8) is 0 Å². The first-order chi connectivity index (χ1) is 13.6. The standard InChI is InChI=1S/C21H24FN5OS/c1-13(19(28)24-17-11-7-15(8-12-17)21(2,3)4)29-20-26-25-18(27(20)23)14-5-9-16(22)10-6-14/h5-13H,23H2,1-4H3,(H,24,28). The first kappa shape index (κ1) is 20.9. The number of anilines is 1. The van der Waals surface area contributed by atoms with Crippen LogP contribution < -0.4 is 11.2 Å². The van der Waals surface area contributed by atoms with Gasteiger partial charge in [-0.25, -0.2) is 9.07 Å². The van der Waals surface area contributed by atoms with E-state index in [4.69, 9.17) is 5.84 Å². The number of carbonyl (C=O) groups is 1. The summed E-state index contributed by atoms with van der Waals surface area (Å²) < 4.78 is 14.4. The van der Waals surface area contributed by atoms with E-state index in [0.29, 0.717) is 16.5 Å². The largest absolute Gasteiger partial charge is 0.335 e. The van der Waals surface area contributed by atoms with Gasteiger partial charge in [0.1, 0.15) is 5.82 Å². The van der Waals surface area contributed by atoms with Crippen LogP contribution in [0.2, 0.25) is 0 Å². The van der Waals surface area contributed by atoms with E-state index < -0.39 is 5.25 Å². The van der Waals surface area contributed by atoms with Gasteiger partial charge in [-0.05, 0) is 54.3 Å². The van der Waals surface area contributed by atoms with Crippen LogP contribution in [0.1, 0.15) is 33.3 Å². The third-order valence-corrected chi connectivity index (χ3v) is 5.49. The summed E-state index contributed by atoms with van der Waals surface area (Å²) in [5.74, 6) is 5.98. The number of rotatable bonds is 5. The van der Waals surface area contributed by atoms with Gasteiger partial charge in [-0.2, -0.15) is 0 Å². The second kappa shape index (κ2) is 8.24. The Hall–Kier alpha value is -2.87. The number of nitrogens with zero attached hydrogens (tertiary/aromatic N) is 3. The van der Waals surface area contributed by atoms with Crippen LogP contribution in [0, 0.1) is 5.82 Å². The highest BCUT2D eigenvalue weighted by molar-refractivity contribution is 8.00. The summed E-state index contributed by atoms with van der Waals surface area (Å²) >= 11 is 1.20. The molecular weight excluding hydrogens is 389 g/mol. The summed E-state index contributed by atoms with van der Waals surface area (Å²) in [4.78, 5) is 12.6. The normalized spacial score (nSPS) is 12.6. The molecule has 6 nitrogen and oxygen atoms in total. The van der Waals surface area contributed by atoms with E-state index in [1.807, 2.05) is 24.3 Å². The molecule has 0 bridgehead atoms. The molecule has 0 fully saturated rings. The highest BCUT2D eigenvalue weighted by atomic mass is 32.2. The van der Waals surface area contributed by atoms with Crippen molar-refractivity contribution in [1.29, 1.82) is 0 Å². The highest BCUT2D eigenvalue weighted by Crippen LogP contribution is 2.27. The minimum atomic E-state index is -0.440. The second-order valence-electron chi connectivity index (χ2n) is 7.76. The summed E-state index contributed by atoms with van der Waals surface area (Å²) in [5, 5.41) is 11.0. The van der Waals surface area contributed by atoms with E-state index in [0.717, 1.165) is 5.69 Å². The molecule has 1 aromatic heterocycles. The molecule has 152 valence electrons. The molecule has 0 spiro atoms. The van der Waals surface area contributed by atoms with Crippen LogP contribution in [0.25, 0.3) is 11.4 Å². The zero-order valence-electron chi connectivity index (χ0n) is 16.8. The number of nitrogens with two attached hydrogens (primary N) is 1. The first-order valence-electron chi connectivity index (χ1n) is 9.19. The lowest BCUT2D eigenvalue weighted by atomic mass is 9.87. The smallest absolute Gasteiger partial charge is 0.237 e. The number of nitrogens with one attached hydrogen (secondary N) is 1. The summed E-state index contributed by atoms with van der Waals surface area (Å²) in [7, 11) is 0. The molecule has 1 heterocycles. The van der Waals surface area contributed by atoms with Crippen molar-refractivity contribution in [2.24, 2.45) is 0 Å². The monoisotopic (exact) mass is 413 g/mol. The number of nitrogen functional groups attached to an aromatic ring is 1. The van der Waals surface area contributed by atoms with Crippen LogP contribution in [0.15, 0.2) is 53.7 Å². The lowest BCUT2D eigenvalue weighted by Gasteiger charge is -2.19. The molecule has 0 saturated carbocycles. The predicted octanol–water partition coefficient (Wildman–Crippen LogP) is 4.21. The summed E-state index contributed by atoms with van der Waals surface area (Å²) in [6.07, 6.45) is 0. The van der Waals surface area contributed by atoms with Crippen molar-refractivity contribution < 1.29 is 9.18 Å². The summed E-state index contributed by atoms with van der Waals surface area (Å²) in [6.45, 7) is 8.20. The zero-order valence-corrected chi connectivity index (χ0v) is 17.6. The average molecular weight is 414 g/mol. The molecule has 0 saturated heterocycles. The Kier molecular flexibility index (Phi) is 5.93. The van der Waals surface area contributed by atoms with Gasteiger partial charge in [-0.1, -0.05) is 44.7 Å². The topological polar surface area (TPSA) is 85.8 Å². The number of hydrogen-bond acceptors (Lipinski definition) is 5. The second-order valence-corrected chi connectivity index (χ2v) is 9.07. The van der Waals surface area contributed by atoms with Crippen molar-refractivity contribution in [3.05, 3.63) is 59.9 Å². The summed E-state index contributed by atoms with van der Waals surface area (Å²) in [6, 6.07) is 13.6. The Labute approximate surface area is 173 Å². The van der Waals surface area contributed by atoms with Crippen molar-refractivity contribution in [2.75, 3.05) is 11.2 Å². The Balaban J connectivity index is 1.66. The molecule has 3 rings (SSSR count). The fraction of sp³-hybridized carbons (Fsp3) is 0.286. The highest BCUT2D eigenvalue weighted by Gasteiger charge is 2.20.